The van der Waals surface area contributed by atoms with Crippen LogP contribution >= 0.6 is 47.8 Å². The Labute approximate surface area is 180 Å². The third-order valence-corrected chi connectivity index (χ3v) is 5.29. The Balaban J connectivity index is 1.61. The Bertz CT molecular complexity index is 977. The van der Waals surface area contributed by atoms with Crippen molar-refractivity contribution in [2.75, 3.05) is 0 Å². The van der Waals surface area contributed by atoms with E-state index in [0.29, 0.717) is 21.1 Å². The Hall–Kier alpha value is -1.97. The highest BCUT2D eigenvalue weighted by molar-refractivity contribution is 9.11. The van der Waals surface area contributed by atoms with Gasteiger partial charge >= 0.3 is 0 Å². The molecule has 0 spiro atoms. The molecule has 1 heterocycles. The molecule has 0 saturated carbocycles. The zero-order valence-corrected chi connectivity index (χ0v) is 18.5. The number of carbonyl (C=O) groups excluding carboxylic acids is 1. The molecule has 3 aromatic rings. The van der Waals surface area contributed by atoms with Crippen molar-refractivity contribution < 1.29 is 9.90 Å². The topological polar surface area (TPSA) is 79.5 Å². The minimum atomic E-state index is -0.405. The molecule has 27 heavy (non-hydrogen) atoms. The molecule has 6 nitrogen and oxygen atoms in total. The number of aromatic nitrogens is 2. The molecular weight excluding hydrogens is 544 g/mol. The summed E-state index contributed by atoms with van der Waals surface area (Å²) in [4.78, 5) is 12.2. The van der Waals surface area contributed by atoms with Crippen LogP contribution in [0.2, 0.25) is 0 Å². The number of rotatable bonds is 5. The number of phenols is 1. The summed E-state index contributed by atoms with van der Waals surface area (Å²) >= 11 is 9.89. The highest BCUT2D eigenvalue weighted by atomic mass is 79.9. The van der Waals surface area contributed by atoms with Crippen LogP contribution in [0.25, 0.3) is 0 Å². The van der Waals surface area contributed by atoms with Gasteiger partial charge < -0.3 is 5.11 Å². The molecule has 0 bridgehead atoms. The van der Waals surface area contributed by atoms with Crippen molar-refractivity contribution >= 4 is 59.9 Å². The molecule has 1 aromatic heterocycles. The van der Waals surface area contributed by atoms with E-state index < -0.39 is 5.91 Å². The summed E-state index contributed by atoms with van der Waals surface area (Å²) in [5, 5.41) is 17.9. The monoisotopic (exact) mass is 554 g/mol. The predicted octanol–water partition coefficient (Wildman–Crippen LogP) is 4.69. The first-order chi connectivity index (χ1) is 12.9. The fourth-order valence-corrected chi connectivity index (χ4v) is 3.72. The van der Waals surface area contributed by atoms with Crippen LogP contribution in [0, 0.1) is 0 Å². The van der Waals surface area contributed by atoms with Gasteiger partial charge in [0, 0.05) is 10.7 Å². The molecule has 0 aliphatic rings. The van der Waals surface area contributed by atoms with Crippen LogP contribution in [0.3, 0.4) is 0 Å². The van der Waals surface area contributed by atoms with Gasteiger partial charge in [-0.15, -0.1) is 0 Å². The fraction of sp³-hybridized carbons (Fsp3) is 0.0556. The van der Waals surface area contributed by atoms with Crippen LogP contribution in [0.5, 0.6) is 5.75 Å². The number of hydrazone groups is 1. The van der Waals surface area contributed by atoms with Crippen molar-refractivity contribution in [3.8, 4) is 5.75 Å². The number of nitrogens with one attached hydrogen (secondary N) is 1. The second-order valence-corrected chi connectivity index (χ2v) is 8.18. The summed E-state index contributed by atoms with van der Waals surface area (Å²) < 4.78 is 3.75. The lowest BCUT2D eigenvalue weighted by molar-refractivity contribution is 0.0949. The van der Waals surface area contributed by atoms with E-state index in [9.17, 15) is 9.90 Å². The molecule has 138 valence electrons. The quantitative estimate of drug-likeness (QED) is 0.353. The molecule has 0 radical (unpaired) electrons. The zero-order valence-electron chi connectivity index (χ0n) is 13.7. The highest BCUT2D eigenvalue weighted by Gasteiger charge is 2.09. The molecular formula is C18H13Br3N4O2. The van der Waals surface area contributed by atoms with Gasteiger partial charge in [0.2, 0.25) is 0 Å². The number of halogens is 3. The van der Waals surface area contributed by atoms with Gasteiger partial charge in [0.15, 0.2) is 5.69 Å². The summed E-state index contributed by atoms with van der Waals surface area (Å²) in [5.74, 6) is -0.301. The molecule has 2 N–H and O–H groups in total. The lowest BCUT2D eigenvalue weighted by Gasteiger charge is -2.02. The van der Waals surface area contributed by atoms with Gasteiger partial charge in [0.25, 0.3) is 5.91 Å². The smallest absolute Gasteiger partial charge is 0.291 e. The number of hydrogen-bond donors (Lipinski definition) is 2. The summed E-state index contributed by atoms with van der Waals surface area (Å²) in [6, 6.07) is 12.9. The van der Waals surface area contributed by atoms with E-state index in [0.717, 1.165) is 10.0 Å². The zero-order chi connectivity index (χ0) is 19.4. The van der Waals surface area contributed by atoms with E-state index in [1.54, 1.807) is 29.1 Å². The highest BCUT2D eigenvalue weighted by Crippen LogP contribution is 2.32. The van der Waals surface area contributed by atoms with Crippen LogP contribution in [0.15, 0.2) is 67.2 Å². The normalized spacial score (nSPS) is 11.1. The third-order valence-electron chi connectivity index (χ3n) is 3.55. The number of hydrogen-bond acceptors (Lipinski definition) is 4. The number of aromatic hydroxyl groups is 1. The van der Waals surface area contributed by atoms with Crippen LogP contribution < -0.4 is 5.43 Å². The van der Waals surface area contributed by atoms with Gasteiger partial charge in [-0.25, -0.2) is 5.43 Å². The SMILES string of the molecule is O=C(N/N=C/c1cc(Br)c(O)c(Br)c1)c1ccn(Cc2ccc(Br)cc2)n1. The van der Waals surface area contributed by atoms with E-state index in [-0.39, 0.29) is 11.4 Å². The molecule has 1 amide bonds. The maximum absolute atomic E-state index is 12.2. The second-order valence-electron chi connectivity index (χ2n) is 5.56. The molecule has 0 aliphatic heterocycles. The summed E-state index contributed by atoms with van der Waals surface area (Å²) in [7, 11) is 0. The minimum Gasteiger partial charge on any atom is -0.506 e. The van der Waals surface area contributed by atoms with Gasteiger partial charge in [-0.05, 0) is 73.3 Å². The maximum atomic E-state index is 12.2. The first-order valence-corrected chi connectivity index (χ1v) is 10.1. The standard InChI is InChI=1S/C18H13Br3N4O2/c19-13-3-1-11(2-4-13)10-25-6-5-16(24-25)18(27)23-22-9-12-7-14(20)17(26)15(21)8-12/h1-9,26H,10H2,(H,23,27)/b22-9+. The van der Waals surface area contributed by atoms with Gasteiger partial charge in [-0.1, -0.05) is 28.1 Å². The van der Waals surface area contributed by atoms with Crippen molar-refractivity contribution in [2.24, 2.45) is 5.10 Å². The van der Waals surface area contributed by atoms with Crippen molar-refractivity contribution in [3.05, 3.63) is 78.9 Å². The van der Waals surface area contributed by atoms with Crippen LogP contribution in [0.4, 0.5) is 0 Å². The predicted molar refractivity (Wildman–Crippen MR) is 114 cm³/mol. The second kappa shape index (κ2) is 8.81. The average molecular weight is 557 g/mol. The molecule has 2 aromatic carbocycles. The Morgan fingerprint density at radius 2 is 1.81 bits per heavy atom. The number of amides is 1. The molecule has 0 fully saturated rings. The van der Waals surface area contributed by atoms with Gasteiger partial charge in [0.05, 0.1) is 21.7 Å². The Kier molecular flexibility index (Phi) is 6.46. The van der Waals surface area contributed by atoms with E-state index in [1.165, 1.54) is 6.21 Å². The van der Waals surface area contributed by atoms with E-state index in [1.807, 2.05) is 24.3 Å². The third kappa shape index (κ3) is 5.27. The number of benzene rings is 2. The van der Waals surface area contributed by atoms with E-state index in [4.69, 9.17) is 0 Å². The average Bonchev–Trinajstić information content (AvgIpc) is 3.10. The number of phenolic OH excluding ortho intramolecular Hbond substituents is 1. The Morgan fingerprint density at radius 1 is 1.15 bits per heavy atom. The Morgan fingerprint density at radius 3 is 2.48 bits per heavy atom. The first kappa shape index (κ1) is 19.8. The van der Waals surface area contributed by atoms with Gasteiger partial charge in [-0.3, -0.25) is 9.48 Å². The van der Waals surface area contributed by atoms with Gasteiger partial charge in [-0.2, -0.15) is 10.2 Å². The largest absolute Gasteiger partial charge is 0.506 e. The molecule has 0 aliphatic carbocycles. The molecule has 0 unspecified atom stereocenters. The molecule has 9 heteroatoms. The van der Waals surface area contributed by atoms with Crippen LogP contribution in [-0.2, 0) is 6.54 Å². The minimum absolute atomic E-state index is 0.104. The molecule has 3 rings (SSSR count). The first-order valence-electron chi connectivity index (χ1n) is 7.71. The lowest BCUT2D eigenvalue weighted by Crippen LogP contribution is -2.18. The van der Waals surface area contributed by atoms with Crippen molar-refractivity contribution in [2.45, 2.75) is 6.54 Å². The van der Waals surface area contributed by atoms with E-state index >= 15 is 0 Å². The summed E-state index contributed by atoms with van der Waals surface area (Å²) in [5.41, 5.74) is 4.50. The van der Waals surface area contributed by atoms with Gasteiger partial charge in [0.1, 0.15) is 5.75 Å². The summed E-state index contributed by atoms with van der Waals surface area (Å²) in [6.45, 7) is 0.569. The van der Waals surface area contributed by atoms with E-state index in [2.05, 4.69) is 63.4 Å². The van der Waals surface area contributed by atoms with Crippen molar-refractivity contribution in [3.63, 3.8) is 0 Å². The fourth-order valence-electron chi connectivity index (χ4n) is 2.23. The van der Waals surface area contributed by atoms with Crippen molar-refractivity contribution in [1.82, 2.24) is 15.2 Å². The molecule has 0 atom stereocenters. The molecule has 0 saturated heterocycles. The van der Waals surface area contributed by atoms with Crippen LogP contribution in [-0.4, -0.2) is 27.0 Å². The van der Waals surface area contributed by atoms with Crippen LogP contribution in [0.1, 0.15) is 21.6 Å². The lowest BCUT2D eigenvalue weighted by atomic mass is 10.2. The number of nitrogens with zero attached hydrogens (tertiary/aromatic N) is 3. The maximum Gasteiger partial charge on any atom is 0.291 e. The summed E-state index contributed by atoms with van der Waals surface area (Å²) in [6.07, 6.45) is 3.22. The van der Waals surface area contributed by atoms with Crippen molar-refractivity contribution in [1.29, 1.82) is 0 Å². The number of carbonyl (C=O) groups is 1.